The lowest BCUT2D eigenvalue weighted by Crippen LogP contribution is -2.50. The lowest BCUT2D eigenvalue weighted by Gasteiger charge is -2.32. The van der Waals surface area contributed by atoms with Crippen molar-refractivity contribution in [1.82, 2.24) is 15.1 Å². The molecule has 1 fully saturated rings. The molecule has 0 saturated carbocycles. The minimum atomic E-state index is -0.123. The first kappa shape index (κ1) is 16.8. The van der Waals surface area contributed by atoms with Crippen LogP contribution in [-0.2, 0) is 16.0 Å². The van der Waals surface area contributed by atoms with E-state index in [-0.39, 0.29) is 18.4 Å². The van der Waals surface area contributed by atoms with E-state index in [4.69, 9.17) is 11.6 Å². The molecule has 120 valence electrons. The molecule has 1 aliphatic heterocycles. The highest BCUT2D eigenvalue weighted by atomic mass is 35.5. The van der Waals surface area contributed by atoms with Gasteiger partial charge in [-0.05, 0) is 25.1 Å². The van der Waals surface area contributed by atoms with E-state index >= 15 is 0 Å². The molecule has 1 aliphatic rings. The summed E-state index contributed by atoms with van der Waals surface area (Å²) in [5.74, 6) is -0.137. The number of aryl methyl sites for hydroxylation is 1. The van der Waals surface area contributed by atoms with Gasteiger partial charge in [0.2, 0.25) is 11.8 Å². The summed E-state index contributed by atoms with van der Waals surface area (Å²) in [5, 5.41) is 3.36. The number of halogens is 1. The molecular formula is C16H22ClN3O2. The number of nitrogens with one attached hydrogen (secondary N) is 1. The molecule has 0 spiro atoms. The summed E-state index contributed by atoms with van der Waals surface area (Å²) in [6.45, 7) is 3.29. The number of piperazine rings is 1. The Morgan fingerprint density at radius 2 is 1.86 bits per heavy atom. The molecule has 0 bridgehead atoms. The van der Waals surface area contributed by atoms with Crippen LogP contribution in [0.25, 0.3) is 0 Å². The molecule has 6 heteroatoms. The third kappa shape index (κ3) is 5.00. The zero-order valence-corrected chi connectivity index (χ0v) is 13.6. The fraction of sp³-hybridized carbons (Fsp3) is 0.500. The Kier molecular flexibility index (Phi) is 6.21. The average molecular weight is 324 g/mol. The van der Waals surface area contributed by atoms with E-state index in [2.05, 4.69) is 10.2 Å². The van der Waals surface area contributed by atoms with Crippen molar-refractivity contribution in [3.05, 3.63) is 34.9 Å². The Morgan fingerprint density at radius 3 is 2.55 bits per heavy atom. The van der Waals surface area contributed by atoms with E-state index in [1.807, 2.05) is 31.3 Å². The third-order valence-electron chi connectivity index (χ3n) is 3.87. The third-order valence-corrected chi connectivity index (χ3v) is 4.24. The number of nitrogens with zero attached hydrogens (tertiary/aromatic N) is 2. The fourth-order valence-corrected chi connectivity index (χ4v) is 2.61. The standard InChI is InChI=1S/C16H22ClN3O2/c1-19-8-10-20(11-9-19)16(22)12-18-15(21)7-6-13-4-2-3-5-14(13)17/h2-5H,6-12H2,1H3,(H,18,21). The fourth-order valence-electron chi connectivity index (χ4n) is 2.38. The lowest BCUT2D eigenvalue weighted by atomic mass is 10.1. The number of hydrogen-bond acceptors (Lipinski definition) is 3. The summed E-state index contributed by atoms with van der Waals surface area (Å²) >= 11 is 6.05. The highest BCUT2D eigenvalue weighted by Crippen LogP contribution is 2.16. The maximum absolute atomic E-state index is 12.0. The van der Waals surface area contributed by atoms with Crippen molar-refractivity contribution in [3.63, 3.8) is 0 Å². The van der Waals surface area contributed by atoms with E-state index < -0.39 is 0 Å². The van der Waals surface area contributed by atoms with Gasteiger partial charge < -0.3 is 15.1 Å². The summed E-state index contributed by atoms with van der Waals surface area (Å²) in [5.41, 5.74) is 0.949. The highest BCUT2D eigenvalue weighted by Gasteiger charge is 2.19. The number of carbonyl (C=O) groups excluding carboxylic acids is 2. The van der Waals surface area contributed by atoms with Gasteiger partial charge in [-0.15, -0.1) is 0 Å². The predicted octanol–water partition coefficient (Wildman–Crippen LogP) is 1.16. The van der Waals surface area contributed by atoms with Crippen molar-refractivity contribution in [2.45, 2.75) is 12.8 Å². The van der Waals surface area contributed by atoms with Crippen molar-refractivity contribution in [3.8, 4) is 0 Å². The van der Waals surface area contributed by atoms with Crippen molar-refractivity contribution < 1.29 is 9.59 Å². The van der Waals surface area contributed by atoms with E-state index in [9.17, 15) is 9.59 Å². The molecule has 0 unspecified atom stereocenters. The number of carbonyl (C=O) groups is 2. The molecule has 0 radical (unpaired) electrons. The predicted molar refractivity (Wildman–Crippen MR) is 86.9 cm³/mol. The topological polar surface area (TPSA) is 52.6 Å². The zero-order chi connectivity index (χ0) is 15.9. The number of hydrogen-bond donors (Lipinski definition) is 1. The van der Waals surface area contributed by atoms with Gasteiger partial charge in [0.25, 0.3) is 0 Å². The summed E-state index contributed by atoms with van der Waals surface area (Å²) in [7, 11) is 2.04. The summed E-state index contributed by atoms with van der Waals surface area (Å²) < 4.78 is 0. The average Bonchev–Trinajstić information content (AvgIpc) is 2.52. The molecule has 1 aromatic carbocycles. The second kappa shape index (κ2) is 8.15. The van der Waals surface area contributed by atoms with Gasteiger partial charge in [-0.25, -0.2) is 0 Å². The minimum Gasteiger partial charge on any atom is -0.347 e. The van der Waals surface area contributed by atoms with Crippen LogP contribution in [0.4, 0.5) is 0 Å². The van der Waals surface area contributed by atoms with Crippen molar-refractivity contribution >= 4 is 23.4 Å². The van der Waals surface area contributed by atoms with Crippen LogP contribution in [0.3, 0.4) is 0 Å². The molecule has 1 N–H and O–H groups in total. The first-order valence-corrected chi connectivity index (χ1v) is 7.90. The van der Waals surface area contributed by atoms with Crippen molar-refractivity contribution in [2.24, 2.45) is 0 Å². The van der Waals surface area contributed by atoms with E-state index in [0.717, 1.165) is 31.7 Å². The number of likely N-dealkylation sites (N-methyl/N-ethyl adjacent to an activating group) is 1. The second-order valence-corrected chi connectivity index (χ2v) is 5.96. The maximum atomic E-state index is 12.0. The van der Waals surface area contributed by atoms with Crippen LogP contribution < -0.4 is 5.32 Å². The van der Waals surface area contributed by atoms with Crippen LogP contribution in [0.5, 0.6) is 0 Å². The van der Waals surface area contributed by atoms with E-state index in [1.165, 1.54) is 0 Å². The van der Waals surface area contributed by atoms with Gasteiger partial charge in [0.15, 0.2) is 0 Å². The summed E-state index contributed by atoms with van der Waals surface area (Å²) in [6.07, 6.45) is 0.911. The van der Waals surface area contributed by atoms with Crippen LogP contribution in [0.1, 0.15) is 12.0 Å². The van der Waals surface area contributed by atoms with E-state index in [1.54, 1.807) is 4.90 Å². The molecule has 1 aromatic rings. The first-order valence-electron chi connectivity index (χ1n) is 7.52. The smallest absolute Gasteiger partial charge is 0.242 e. The van der Waals surface area contributed by atoms with Crippen LogP contribution in [0.2, 0.25) is 5.02 Å². The normalized spacial score (nSPS) is 15.6. The van der Waals surface area contributed by atoms with Gasteiger partial charge in [0, 0.05) is 37.6 Å². The number of rotatable bonds is 5. The summed E-state index contributed by atoms with van der Waals surface area (Å²) in [4.78, 5) is 27.8. The Hall–Kier alpha value is -1.59. The molecule has 1 heterocycles. The van der Waals surface area contributed by atoms with E-state index in [0.29, 0.717) is 17.9 Å². The van der Waals surface area contributed by atoms with Gasteiger partial charge in [-0.2, -0.15) is 0 Å². The van der Waals surface area contributed by atoms with Crippen LogP contribution >= 0.6 is 11.6 Å². The van der Waals surface area contributed by atoms with Crippen molar-refractivity contribution in [1.29, 1.82) is 0 Å². The maximum Gasteiger partial charge on any atom is 0.242 e. The molecule has 0 aromatic heterocycles. The monoisotopic (exact) mass is 323 g/mol. The molecule has 5 nitrogen and oxygen atoms in total. The molecule has 2 amide bonds. The Balaban J connectivity index is 1.69. The second-order valence-electron chi connectivity index (χ2n) is 5.55. The lowest BCUT2D eigenvalue weighted by molar-refractivity contribution is -0.134. The quantitative estimate of drug-likeness (QED) is 0.885. The van der Waals surface area contributed by atoms with Gasteiger partial charge in [-0.3, -0.25) is 9.59 Å². The van der Waals surface area contributed by atoms with Crippen LogP contribution in [0, 0.1) is 0 Å². The van der Waals surface area contributed by atoms with Crippen molar-refractivity contribution in [2.75, 3.05) is 39.8 Å². The van der Waals surface area contributed by atoms with Crippen LogP contribution in [-0.4, -0.2) is 61.4 Å². The first-order chi connectivity index (χ1) is 10.6. The van der Waals surface area contributed by atoms with Gasteiger partial charge in [0.1, 0.15) is 0 Å². The Labute approximate surface area is 136 Å². The van der Waals surface area contributed by atoms with Crippen LogP contribution in [0.15, 0.2) is 24.3 Å². The number of amides is 2. The van der Waals surface area contributed by atoms with Gasteiger partial charge in [0.05, 0.1) is 6.54 Å². The molecular weight excluding hydrogens is 302 g/mol. The zero-order valence-electron chi connectivity index (χ0n) is 12.8. The molecule has 0 aliphatic carbocycles. The molecule has 2 rings (SSSR count). The Bertz CT molecular complexity index is 528. The summed E-state index contributed by atoms with van der Waals surface area (Å²) in [6, 6.07) is 7.48. The highest BCUT2D eigenvalue weighted by molar-refractivity contribution is 6.31. The van der Waals surface area contributed by atoms with Gasteiger partial charge >= 0.3 is 0 Å². The van der Waals surface area contributed by atoms with Gasteiger partial charge in [-0.1, -0.05) is 29.8 Å². The molecule has 1 saturated heterocycles. The Morgan fingerprint density at radius 1 is 1.18 bits per heavy atom. The molecule has 0 atom stereocenters. The number of benzene rings is 1. The largest absolute Gasteiger partial charge is 0.347 e. The SMILES string of the molecule is CN1CCN(C(=O)CNC(=O)CCc2ccccc2Cl)CC1. The molecule has 22 heavy (non-hydrogen) atoms. The minimum absolute atomic E-state index is 0.0146.